The van der Waals surface area contributed by atoms with Crippen LogP contribution in [0.3, 0.4) is 0 Å². The van der Waals surface area contributed by atoms with Gasteiger partial charge in [-0.25, -0.2) is 9.37 Å². The van der Waals surface area contributed by atoms with Crippen LogP contribution < -0.4 is 5.73 Å². The molecule has 1 saturated heterocycles. The van der Waals surface area contributed by atoms with Gasteiger partial charge in [-0.15, -0.1) is 0 Å². The highest BCUT2D eigenvalue weighted by Crippen LogP contribution is 2.38. The summed E-state index contributed by atoms with van der Waals surface area (Å²) in [6, 6.07) is 5.43. The fourth-order valence-corrected chi connectivity index (χ4v) is 5.13. The van der Waals surface area contributed by atoms with Crippen molar-refractivity contribution in [3.8, 4) is 0 Å². The van der Waals surface area contributed by atoms with E-state index in [-0.39, 0.29) is 41.7 Å². The maximum Gasteiger partial charge on any atom is 0.416 e. The molecule has 1 aliphatic rings. The Hall–Kier alpha value is -3.44. The summed E-state index contributed by atoms with van der Waals surface area (Å²) in [5.74, 6) is -2.47. The van der Waals surface area contributed by atoms with E-state index in [1.807, 2.05) is 0 Å². The van der Waals surface area contributed by atoms with Gasteiger partial charge < -0.3 is 15.7 Å². The number of aliphatic hydroxyl groups is 1. The predicted molar refractivity (Wildman–Crippen MR) is 126 cm³/mol. The van der Waals surface area contributed by atoms with Gasteiger partial charge in [0.15, 0.2) is 0 Å². The third kappa shape index (κ3) is 3.92. The number of likely N-dealkylation sites (tertiary alicyclic amines) is 1. The molecule has 2 aromatic heterocycles. The third-order valence-electron chi connectivity index (χ3n) is 6.72. The van der Waals surface area contributed by atoms with Crippen molar-refractivity contribution in [2.45, 2.75) is 12.1 Å². The number of aryl methyl sites for hydroxylation is 1. The van der Waals surface area contributed by atoms with Gasteiger partial charge in [-0.2, -0.15) is 18.3 Å². The quantitative estimate of drug-likeness (QED) is 0.390. The summed E-state index contributed by atoms with van der Waals surface area (Å²) < 4.78 is 55.2. The largest absolute Gasteiger partial charge is 0.416 e. The second-order valence-corrected chi connectivity index (χ2v) is 9.28. The number of fused-ring (bicyclic) bond motifs is 3. The van der Waals surface area contributed by atoms with E-state index in [0.717, 1.165) is 12.1 Å². The van der Waals surface area contributed by atoms with E-state index in [4.69, 9.17) is 17.3 Å². The summed E-state index contributed by atoms with van der Waals surface area (Å²) in [7, 11) is 1.73. The lowest BCUT2D eigenvalue weighted by atomic mass is 9.88. The Morgan fingerprint density at radius 2 is 1.97 bits per heavy atom. The van der Waals surface area contributed by atoms with Gasteiger partial charge >= 0.3 is 6.18 Å². The first-order valence-corrected chi connectivity index (χ1v) is 11.3. The standard InChI is InChI=1S/C24H20ClF4N5O2/c1-33-21-15-5-14(18(25)6-20(15)32-22(30)16(21)7-31-33)23(36)34-8-11(10-35)17(9-34)13-3-2-12(4-19(13)26)24(27,28)29/h2-7,11,17,35H,8-10H2,1H3,(H2,30,32)/t11-,17+/m0/s1. The van der Waals surface area contributed by atoms with E-state index < -0.39 is 35.3 Å². The summed E-state index contributed by atoms with van der Waals surface area (Å²) >= 11 is 6.44. The van der Waals surface area contributed by atoms with Gasteiger partial charge in [0.2, 0.25) is 0 Å². The van der Waals surface area contributed by atoms with Crippen LogP contribution in [0.4, 0.5) is 23.4 Å². The van der Waals surface area contributed by atoms with Gasteiger partial charge in [-0.1, -0.05) is 17.7 Å². The Labute approximate surface area is 207 Å². The molecule has 2 aromatic carbocycles. The highest BCUT2D eigenvalue weighted by molar-refractivity contribution is 6.35. The second kappa shape index (κ2) is 8.59. The number of aromatic nitrogens is 3. The van der Waals surface area contributed by atoms with Crippen LogP contribution in [0, 0.1) is 11.7 Å². The van der Waals surface area contributed by atoms with Crippen LogP contribution >= 0.6 is 11.6 Å². The number of alkyl halides is 3. The molecule has 0 aliphatic carbocycles. The third-order valence-corrected chi connectivity index (χ3v) is 7.03. The van der Waals surface area contributed by atoms with E-state index in [9.17, 15) is 27.5 Å². The van der Waals surface area contributed by atoms with Gasteiger partial charge in [0.1, 0.15) is 11.6 Å². The van der Waals surface area contributed by atoms with Crippen molar-refractivity contribution < 1.29 is 27.5 Å². The Balaban J connectivity index is 1.51. The lowest BCUT2D eigenvalue weighted by Gasteiger charge is -2.19. The summed E-state index contributed by atoms with van der Waals surface area (Å²) in [5.41, 5.74) is 6.25. The lowest BCUT2D eigenvalue weighted by Crippen LogP contribution is -2.29. The number of carbonyl (C=O) groups excluding carboxylic acids is 1. The van der Waals surface area contributed by atoms with Crippen molar-refractivity contribution in [1.82, 2.24) is 19.7 Å². The SMILES string of the molecule is Cn1ncc2c(N)nc3cc(Cl)c(C(=O)N4C[C@@H](CO)[C@H](c5ccc(C(F)(F)F)cc5F)C4)cc3c21. The second-order valence-electron chi connectivity index (χ2n) is 8.87. The zero-order valence-electron chi connectivity index (χ0n) is 18.9. The molecule has 0 unspecified atom stereocenters. The molecule has 1 fully saturated rings. The number of nitrogen functional groups attached to an aromatic ring is 1. The van der Waals surface area contributed by atoms with Crippen LogP contribution in [0.1, 0.15) is 27.4 Å². The zero-order chi connectivity index (χ0) is 25.9. The molecule has 4 aromatic rings. The topological polar surface area (TPSA) is 97.3 Å². The summed E-state index contributed by atoms with van der Waals surface area (Å²) in [4.78, 5) is 19.3. The Morgan fingerprint density at radius 3 is 2.64 bits per heavy atom. The normalized spacial score (nSPS) is 18.5. The number of nitrogens with zero attached hydrogens (tertiary/aromatic N) is 4. The van der Waals surface area contributed by atoms with Crippen LogP contribution in [-0.2, 0) is 13.2 Å². The summed E-state index contributed by atoms with van der Waals surface area (Å²) in [5, 5.41) is 15.5. The number of hydrogen-bond acceptors (Lipinski definition) is 5. The molecule has 36 heavy (non-hydrogen) atoms. The van der Waals surface area contributed by atoms with Crippen molar-refractivity contribution in [2.75, 3.05) is 25.4 Å². The molecule has 0 radical (unpaired) electrons. The minimum Gasteiger partial charge on any atom is -0.396 e. The zero-order valence-corrected chi connectivity index (χ0v) is 19.6. The van der Waals surface area contributed by atoms with E-state index in [1.54, 1.807) is 24.0 Å². The van der Waals surface area contributed by atoms with Crippen molar-refractivity contribution >= 4 is 45.1 Å². The minimum atomic E-state index is -4.68. The van der Waals surface area contributed by atoms with E-state index in [2.05, 4.69) is 10.1 Å². The fourth-order valence-electron chi connectivity index (χ4n) is 4.89. The molecule has 5 rings (SSSR count). The highest BCUT2D eigenvalue weighted by atomic mass is 35.5. The van der Waals surface area contributed by atoms with Gasteiger partial charge in [-0.3, -0.25) is 9.48 Å². The lowest BCUT2D eigenvalue weighted by molar-refractivity contribution is -0.137. The molecular weight excluding hydrogens is 502 g/mol. The van der Waals surface area contributed by atoms with Crippen molar-refractivity contribution in [2.24, 2.45) is 13.0 Å². The number of anilines is 1. The average Bonchev–Trinajstić information content (AvgIpc) is 3.42. The van der Waals surface area contributed by atoms with E-state index >= 15 is 0 Å². The van der Waals surface area contributed by atoms with Crippen molar-refractivity contribution in [3.05, 3.63) is 64.1 Å². The molecule has 12 heteroatoms. The number of rotatable bonds is 3. The molecule has 3 N–H and O–H groups in total. The van der Waals surface area contributed by atoms with Gasteiger partial charge in [-0.05, 0) is 29.8 Å². The van der Waals surface area contributed by atoms with Gasteiger partial charge in [0, 0.05) is 44.0 Å². The number of benzene rings is 2. The predicted octanol–water partition coefficient (Wildman–Crippen LogP) is 4.36. The van der Waals surface area contributed by atoms with Crippen LogP contribution in [0.2, 0.25) is 5.02 Å². The Morgan fingerprint density at radius 1 is 1.22 bits per heavy atom. The number of nitrogens with two attached hydrogens (primary N) is 1. The number of amides is 1. The maximum atomic E-state index is 14.7. The van der Waals surface area contributed by atoms with Crippen LogP contribution in [0.25, 0.3) is 21.8 Å². The van der Waals surface area contributed by atoms with Crippen molar-refractivity contribution in [1.29, 1.82) is 0 Å². The van der Waals surface area contributed by atoms with Crippen LogP contribution in [-0.4, -0.2) is 50.4 Å². The Bertz CT molecular complexity index is 1520. The molecular formula is C24H20ClF4N5O2. The first-order valence-electron chi connectivity index (χ1n) is 11.0. The molecule has 7 nitrogen and oxygen atoms in total. The van der Waals surface area contributed by atoms with Gasteiger partial charge in [0.05, 0.1) is 38.8 Å². The fraction of sp³-hybridized carbons (Fsp3) is 0.292. The van der Waals surface area contributed by atoms with Crippen LogP contribution in [0.15, 0.2) is 36.5 Å². The molecule has 0 spiro atoms. The molecule has 188 valence electrons. The molecule has 1 aliphatic heterocycles. The minimum absolute atomic E-state index is 0.00180. The summed E-state index contributed by atoms with van der Waals surface area (Å²) in [6.07, 6.45) is -3.11. The molecule has 0 saturated carbocycles. The average molecular weight is 522 g/mol. The summed E-state index contributed by atoms with van der Waals surface area (Å²) in [6.45, 7) is -0.295. The molecule has 3 heterocycles. The maximum absolute atomic E-state index is 14.7. The van der Waals surface area contributed by atoms with Crippen molar-refractivity contribution in [3.63, 3.8) is 0 Å². The number of aliphatic hydroxyl groups excluding tert-OH is 1. The first-order chi connectivity index (χ1) is 17.0. The molecule has 2 atom stereocenters. The Kier molecular flexibility index (Phi) is 5.79. The molecule has 1 amide bonds. The van der Waals surface area contributed by atoms with Crippen LogP contribution in [0.5, 0.6) is 0 Å². The molecule has 0 bridgehead atoms. The smallest absolute Gasteiger partial charge is 0.396 e. The number of hydrogen-bond donors (Lipinski definition) is 2. The monoisotopic (exact) mass is 521 g/mol. The first kappa shape index (κ1) is 24.3. The van der Waals surface area contributed by atoms with E-state index in [1.165, 1.54) is 11.0 Å². The van der Waals surface area contributed by atoms with E-state index in [0.29, 0.717) is 27.9 Å². The number of carbonyl (C=O) groups is 1. The highest BCUT2D eigenvalue weighted by Gasteiger charge is 2.39. The van der Waals surface area contributed by atoms with Gasteiger partial charge in [0.25, 0.3) is 5.91 Å². The number of halogens is 5. The number of pyridine rings is 1.